The number of alkyl halides is 2. The second-order valence-corrected chi connectivity index (χ2v) is 4.65. The van der Waals surface area contributed by atoms with Crippen LogP contribution < -0.4 is 0 Å². The Morgan fingerprint density at radius 3 is 2.31 bits per heavy atom. The van der Waals surface area contributed by atoms with E-state index in [2.05, 4.69) is 6.58 Å². The van der Waals surface area contributed by atoms with E-state index in [0.29, 0.717) is 20.0 Å². The van der Waals surface area contributed by atoms with Crippen molar-refractivity contribution in [3.63, 3.8) is 0 Å². The van der Waals surface area contributed by atoms with Crippen molar-refractivity contribution in [3.8, 4) is 0 Å². The van der Waals surface area contributed by atoms with E-state index in [1.165, 1.54) is 0 Å². The van der Waals surface area contributed by atoms with Gasteiger partial charge in [-0.1, -0.05) is 70.0 Å². The Bertz CT molecular complexity index is 439. The molecule has 16 heavy (non-hydrogen) atoms. The molecule has 0 saturated carbocycles. The molecule has 0 saturated heterocycles. The highest BCUT2D eigenvalue weighted by atomic mass is 127. The molecule has 0 aliphatic rings. The van der Waals surface area contributed by atoms with E-state index in [1.807, 2.05) is 45.2 Å². The predicted octanol–water partition coefficient (Wildman–Crippen LogP) is 3.57. The molecule has 84 valence electrons. The molecule has 0 fully saturated rings. The molecule has 0 aliphatic heterocycles. The standard InChI is InChI=1S/C12H10I2O2/c1-2-8-5-9(11(15)6-13)3-4-10(8)12(16)7-14/h2-5H,1,6-7H2. The molecule has 0 heterocycles. The summed E-state index contributed by atoms with van der Waals surface area (Å²) in [6.45, 7) is 3.67. The number of benzene rings is 1. The number of halogens is 2. The quantitative estimate of drug-likeness (QED) is 0.399. The molecule has 0 aliphatic carbocycles. The van der Waals surface area contributed by atoms with Crippen molar-refractivity contribution in [2.45, 2.75) is 0 Å². The van der Waals surface area contributed by atoms with Crippen LogP contribution in [0.4, 0.5) is 0 Å². The van der Waals surface area contributed by atoms with Gasteiger partial charge in [-0.2, -0.15) is 0 Å². The zero-order valence-corrected chi connectivity index (χ0v) is 12.8. The maximum Gasteiger partial charge on any atom is 0.173 e. The topological polar surface area (TPSA) is 34.1 Å². The van der Waals surface area contributed by atoms with Gasteiger partial charge in [0, 0.05) is 11.1 Å². The Labute approximate surface area is 122 Å². The minimum absolute atomic E-state index is 0.0592. The molecule has 4 heteroatoms. The highest BCUT2D eigenvalue weighted by molar-refractivity contribution is 14.1. The molecule has 0 bridgehead atoms. The monoisotopic (exact) mass is 440 g/mol. The van der Waals surface area contributed by atoms with Gasteiger partial charge in [-0.05, 0) is 11.6 Å². The second-order valence-electron chi connectivity index (χ2n) is 3.12. The summed E-state index contributed by atoms with van der Waals surface area (Å²) >= 11 is 4.05. The first-order valence-corrected chi connectivity index (χ1v) is 7.64. The van der Waals surface area contributed by atoms with E-state index >= 15 is 0 Å². The van der Waals surface area contributed by atoms with Gasteiger partial charge >= 0.3 is 0 Å². The molecule has 2 nitrogen and oxygen atoms in total. The number of carbonyl (C=O) groups excluding carboxylic acids is 2. The fraction of sp³-hybridized carbons (Fsp3) is 0.167. The molecule has 0 aromatic heterocycles. The first-order valence-electron chi connectivity index (χ1n) is 4.58. The largest absolute Gasteiger partial charge is 0.293 e. The molecule has 0 radical (unpaired) electrons. The van der Waals surface area contributed by atoms with Crippen LogP contribution in [0.5, 0.6) is 0 Å². The molecule has 0 N–H and O–H groups in total. The Morgan fingerprint density at radius 1 is 1.19 bits per heavy atom. The first-order chi connectivity index (χ1) is 7.63. The van der Waals surface area contributed by atoms with E-state index in [0.717, 1.165) is 5.56 Å². The minimum Gasteiger partial charge on any atom is -0.293 e. The number of Topliss-reactive ketones (excluding diaryl/α,β-unsaturated/α-hetero) is 2. The van der Waals surface area contributed by atoms with Crippen molar-refractivity contribution in [1.29, 1.82) is 0 Å². The van der Waals surface area contributed by atoms with Gasteiger partial charge in [0.15, 0.2) is 11.6 Å². The predicted molar refractivity (Wildman–Crippen MR) is 83.0 cm³/mol. The zero-order chi connectivity index (χ0) is 12.1. The molecule has 1 rings (SSSR count). The maximum absolute atomic E-state index is 11.6. The van der Waals surface area contributed by atoms with Gasteiger partial charge in [0.05, 0.1) is 8.86 Å². The maximum atomic E-state index is 11.6. The lowest BCUT2D eigenvalue weighted by Gasteiger charge is -2.05. The Morgan fingerprint density at radius 2 is 1.81 bits per heavy atom. The third-order valence-corrected chi connectivity index (χ3v) is 3.52. The Hall–Kier alpha value is -0.240. The van der Waals surface area contributed by atoms with Gasteiger partial charge in [-0.25, -0.2) is 0 Å². The molecule has 1 aromatic rings. The lowest BCUT2D eigenvalue weighted by molar-refractivity contribution is 0.101. The van der Waals surface area contributed by atoms with Crippen molar-refractivity contribution in [3.05, 3.63) is 41.5 Å². The Balaban J connectivity index is 3.21. The number of ketones is 2. The van der Waals surface area contributed by atoms with E-state index in [1.54, 1.807) is 24.3 Å². The summed E-state index contributed by atoms with van der Waals surface area (Å²) in [5.41, 5.74) is 2.00. The van der Waals surface area contributed by atoms with E-state index in [9.17, 15) is 9.59 Å². The summed E-state index contributed by atoms with van der Waals surface area (Å²) in [5.74, 6) is 0.126. The van der Waals surface area contributed by atoms with Crippen molar-refractivity contribution in [2.24, 2.45) is 0 Å². The van der Waals surface area contributed by atoms with Crippen LogP contribution in [0.15, 0.2) is 24.8 Å². The molecule has 0 atom stereocenters. The van der Waals surface area contributed by atoms with Crippen LogP contribution in [0.25, 0.3) is 6.08 Å². The highest BCUT2D eigenvalue weighted by Gasteiger charge is 2.11. The lowest BCUT2D eigenvalue weighted by atomic mass is 10.00. The van der Waals surface area contributed by atoms with Crippen LogP contribution in [0.2, 0.25) is 0 Å². The van der Waals surface area contributed by atoms with Gasteiger partial charge in [-0.15, -0.1) is 0 Å². The smallest absolute Gasteiger partial charge is 0.173 e. The first kappa shape index (κ1) is 13.8. The van der Waals surface area contributed by atoms with E-state index in [-0.39, 0.29) is 11.6 Å². The third-order valence-electron chi connectivity index (χ3n) is 2.14. The van der Waals surface area contributed by atoms with Crippen molar-refractivity contribution in [1.82, 2.24) is 0 Å². The molecular weight excluding hydrogens is 430 g/mol. The highest BCUT2D eigenvalue weighted by Crippen LogP contribution is 2.16. The van der Waals surface area contributed by atoms with Gasteiger partial charge < -0.3 is 0 Å². The van der Waals surface area contributed by atoms with Gasteiger partial charge in [0.2, 0.25) is 0 Å². The zero-order valence-electron chi connectivity index (χ0n) is 8.50. The summed E-state index contributed by atoms with van der Waals surface area (Å²) in [7, 11) is 0. The number of rotatable bonds is 5. The van der Waals surface area contributed by atoms with Crippen LogP contribution in [-0.4, -0.2) is 20.4 Å². The third kappa shape index (κ3) is 3.13. The summed E-state index contributed by atoms with van der Waals surface area (Å²) in [5, 5.41) is 0. The van der Waals surface area contributed by atoms with Crippen LogP contribution in [0, 0.1) is 0 Å². The second kappa shape index (κ2) is 6.48. The van der Waals surface area contributed by atoms with Crippen LogP contribution in [0.1, 0.15) is 26.3 Å². The molecule has 0 spiro atoms. The normalized spacial score (nSPS) is 9.88. The van der Waals surface area contributed by atoms with Crippen LogP contribution in [0.3, 0.4) is 0 Å². The van der Waals surface area contributed by atoms with Gasteiger partial charge in [0.1, 0.15) is 0 Å². The lowest BCUT2D eigenvalue weighted by Crippen LogP contribution is -2.06. The minimum atomic E-state index is 0.0592. The summed E-state index contributed by atoms with van der Waals surface area (Å²) in [6, 6.07) is 5.14. The van der Waals surface area contributed by atoms with Crippen LogP contribution >= 0.6 is 45.2 Å². The van der Waals surface area contributed by atoms with Crippen LogP contribution in [-0.2, 0) is 0 Å². The number of carbonyl (C=O) groups is 2. The fourth-order valence-electron chi connectivity index (χ4n) is 1.31. The molecular formula is C12H10I2O2. The average molecular weight is 440 g/mol. The summed E-state index contributed by atoms with van der Waals surface area (Å²) in [4.78, 5) is 23.1. The number of hydrogen-bond donors (Lipinski definition) is 0. The van der Waals surface area contributed by atoms with Gasteiger partial charge in [0.25, 0.3) is 0 Å². The SMILES string of the molecule is C=Cc1cc(C(=O)CI)ccc1C(=O)CI. The molecule has 0 unspecified atom stereocenters. The van der Waals surface area contributed by atoms with E-state index < -0.39 is 0 Å². The summed E-state index contributed by atoms with van der Waals surface area (Å²) < 4.78 is 0.867. The molecule has 1 aromatic carbocycles. The van der Waals surface area contributed by atoms with Crippen molar-refractivity contribution >= 4 is 62.8 Å². The Kier molecular flexibility index (Phi) is 5.60. The number of hydrogen-bond acceptors (Lipinski definition) is 2. The molecule has 0 amide bonds. The van der Waals surface area contributed by atoms with Crippen molar-refractivity contribution in [2.75, 3.05) is 8.86 Å². The van der Waals surface area contributed by atoms with Gasteiger partial charge in [-0.3, -0.25) is 9.59 Å². The summed E-state index contributed by atoms with van der Waals surface area (Å²) in [6.07, 6.45) is 1.61. The fourth-order valence-corrected chi connectivity index (χ4v) is 2.16. The van der Waals surface area contributed by atoms with E-state index in [4.69, 9.17) is 0 Å². The average Bonchev–Trinajstić information content (AvgIpc) is 2.35. The van der Waals surface area contributed by atoms with Crippen molar-refractivity contribution < 1.29 is 9.59 Å².